The standard InChI is InChI=1S/C20H22Cl2N6O3/c1-12-9-26(14-4-5-15(21)16(8-14)30-3)6-7-27(12)17(29)10-28-13(2)18(22)19(25-28)20-24-23-11-31-20/h4-5,8,11-12H,6-7,9-10H2,1-3H3. The molecule has 0 saturated carbocycles. The summed E-state index contributed by atoms with van der Waals surface area (Å²) in [6.45, 7) is 5.91. The van der Waals surface area contributed by atoms with Crippen molar-refractivity contribution < 1.29 is 13.9 Å². The predicted octanol–water partition coefficient (Wildman–Crippen LogP) is 3.29. The van der Waals surface area contributed by atoms with Gasteiger partial charge in [0.2, 0.25) is 12.3 Å². The first-order valence-electron chi connectivity index (χ1n) is 9.76. The van der Waals surface area contributed by atoms with Gasteiger partial charge < -0.3 is 19.0 Å². The van der Waals surface area contributed by atoms with E-state index in [-0.39, 0.29) is 24.4 Å². The first kappa shape index (κ1) is 21.5. The molecule has 2 aromatic heterocycles. The number of carbonyl (C=O) groups excluding carboxylic acids is 1. The lowest BCUT2D eigenvalue weighted by Crippen LogP contribution is -2.54. The molecular weight excluding hydrogens is 443 g/mol. The average molecular weight is 465 g/mol. The van der Waals surface area contributed by atoms with Crippen LogP contribution < -0.4 is 9.64 Å². The number of anilines is 1. The number of nitrogens with zero attached hydrogens (tertiary/aromatic N) is 6. The number of aromatic nitrogens is 4. The van der Waals surface area contributed by atoms with Gasteiger partial charge in [-0.25, -0.2) is 0 Å². The number of carbonyl (C=O) groups is 1. The van der Waals surface area contributed by atoms with Crippen LogP contribution in [0.3, 0.4) is 0 Å². The van der Waals surface area contributed by atoms with E-state index in [0.29, 0.717) is 46.8 Å². The summed E-state index contributed by atoms with van der Waals surface area (Å²) in [4.78, 5) is 17.1. The van der Waals surface area contributed by atoms with Gasteiger partial charge in [0, 0.05) is 37.4 Å². The second kappa shape index (κ2) is 8.76. The molecule has 0 bridgehead atoms. The Bertz CT molecular complexity index is 1090. The Morgan fingerprint density at radius 3 is 2.81 bits per heavy atom. The Balaban J connectivity index is 1.45. The molecule has 3 heterocycles. The van der Waals surface area contributed by atoms with Crippen LogP contribution in [0.25, 0.3) is 11.6 Å². The van der Waals surface area contributed by atoms with Gasteiger partial charge in [-0.3, -0.25) is 9.48 Å². The van der Waals surface area contributed by atoms with Gasteiger partial charge in [-0.05, 0) is 26.0 Å². The van der Waals surface area contributed by atoms with Crippen molar-refractivity contribution in [3.05, 3.63) is 40.3 Å². The van der Waals surface area contributed by atoms with E-state index in [1.165, 1.54) is 6.39 Å². The SMILES string of the molecule is COc1cc(N2CCN(C(=O)Cn3nc(-c4nnco4)c(Cl)c3C)C(C)C2)ccc1Cl. The van der Waals surface area contributed by atoms with Gasteiger partial charge in [0.1, 0.15) is 12.3 Å². The van der Waals surface area contributed by atoms with E-state index in [9.17, 15) is 4.79 Å². The summed E-state index contributed by atoms with van der Waals surface area (Å²) < 4.78 is 12.1. The highest BCUT2D eigenvalue weighted by Crippen LogP contribution is 2.31. The van der Waals surface area contributed by atoms with Crippen LogP contribution in [0.2, 0.25) is 10.0 Å². The van der Waals surface area contributed by atoms with Gasteiger partial charge in [-0.2, -0.15) is 5.10 Å². The van der Waals surface area contributed by atoms with E-state index in [0.717, 1.165) is 5.69 Å². The largest absolute Gasteiger partial charge is 0.495 e. The number of rotatable bonds is 5. The molecule has 11 heteroatoms. The number of halogens is 2. The maximum atomic E-state index is 13.0. The zero-order valence-corrected chi connectivity index (χ0v) is 18.9. The number of benzene rings is 1. The molecule has 1 saturated heterocycles. The van der Waals surface area contributed by atoms with Crippen LogP contribution in [0, 0.1) is 6.92 Å². The van der Waals surface area contributed by atoms with E-state index in [2.05, 4.69) is 20.2 Å². The summed E-state index contributed by atoms with van der Waals surface area (Å²) in [5, 5.41) is 12.9. The number of amides is 1. The van der Waals surface area contributed by atoms with Crippen LogP contribution >= 0.6 is 23.2 Å². The van der Waals surface area contributed by atoms with Crippen LogP contribution in [0.1, 0.15) is 12.6 Å². The van der Waals surface area contributed by atoms with Gasteiger partial charge >= 0.3 is 0 Å². The number of piperazine rings is 1. The minimum Gasteiger partial charge on any atom is -0.495 e. The summed E-state index contributed by atoms with van der Waals surface area (Å²) >= 11 is 12.5. The Hall–Kier alpha value is -2.78. The molecule has 1 aliphatic rings. The van der Waals surface area contributed by atoms with Crippen molar-refractivity contribution >= 4 is 34.8 Å². The Kier molecular flexibility index (Phi) is 6.06. The molecule has 1 amide bonds. The third kappa shape index (κ3) is 4.20. The molecule has 0 N–H and O–H groups in total. The average Bonchev–Trinajstić information content (AvgIpc) is 3.38. The quantitative estimate of drug-likeness (QED) is 0.571. The molecule has 9 nitrogen and oxygen atoms in total. The van der Waals surface area contributed by atoms with Crippen LogP contribution in [-0.2, 0) is 11.3 Å². The lowest BCUT2D eigenvalue weighted by Gasteiger charge is -2.41. The fourth-order valence-electron chi connectivity index (χ4n) is 3.72. The van der Waals surface area contributed by atoms with Crippen molar-refractivity contribution in [2.75, 3.05) is 31.6 Å². The molecule has 164 valence electrons. The molecular formula is C20H22Cl2N6O3. The number of ether oxygens (including phenoxy) is 1. The molecule has 31 heavy (non-hydrogen) atoms. The molecule has 1 aromatic carbocycles. The molecule has 1 aliphatic heterocycles. The van der Waals surface area contributed by atoms with Crippen LogP contribution in [0.15, 0.2) is 29.0 Å². The van der Waals surface area contributed by atoms with E-state index >= 15 is 0 Å². The monoisotopic (exact) mass is 464 g/mol. The summed E-state index contributed by atoms with van der Waals surface area (Å²) in [6, 6.07) is 5.72. The molecule has 0 radical (unpaired) electrons. The normalized spacial score (nSPS) is 16.6. The van der Waals surface area contributed by atoms with Crippen LogP contribution in [-0.4, -0.2) is 63.6 Å². The van der Waals surface area contributed by atoms with E-state index in [1.807, 2.05) is 30.0 Å². The molecule has 0 spiro atoms. The summed E-state index contributed by atoms with van der Waals surface area (Å²) in [5.41, 5.74) is 2.06. The molecule has 1 atom stereocenters. The topological polar surface area (TPSA) is 89.5 Å². The minimum absolute atomic E-state index is 0.0182. The predicted molar refractivity (Wildman–Crippen MR) is 117 cm³/mol. The Morgan fingerprint density at radius 1 is 1.32 bits per heavy atom. The third-order valence-electron chi connectivity index (χ3n) is 5.43. The van der Waals surface area contributed by atoms with Crippen molar-refractivity contribution in [1.29, 1.82) is 0 Å². The summed E-state index contributed by atoms with van der Waals surface area (Å²) in [5.74, 6) is 0.827. The second-order valence-electron chi connectivity index (χ2n) is 7.35. The van der Waals surface area contributed by atoms with Gasteiger partial charge in [0.25, 0.3) is 5.89 Å². The van der Waals surface area contributed by atoms with Crippen molar-refractivity contribution in [3.8, 4) is 17.3 Å². The fourth-order valence-corrected chi connectivity index (χ4v) is 4.13. The lowest BCUT2D eigenvalue weighted by atomic mass is 10.1. The molecule has 0 aliphatic carbocycles. The lowest BCUT2D eigenvalue weighted by molar-refractivity contribution is -0.134. The van der Waals surface area contributed by atoms with Crippen molar-refractivity contribution in [2.24, 2.45) is 0 Å². The number of hydrogen-bond acceptors (Lipinski definition) is 7. The Morgan fingerprint density at radius 2 is 2.13 bits per heavy atom. The maximum absolute atomic E-state index is 13.0. The van der Waals surface area contributed by atoms with Crippen molar-refractivity contribution in [3.63, 3.8) is 0 Å². The van der Waals surface area contributed by atoms with Gasteiger partial charge in [-0.15, -0.1) is 10.2 Å². The minimum atomic E-state index is -0.0276. The van der Waals surface area contributed by atoms with E-state index < -0.39 is 0 Å². The van der Waals surface area contributed by atoms with Crippen LogP contribution in [0.4, 0.5) is 5.69 Å². The first-order valence-corrected chi connectivity index (χ1v) is 10.5. The highest BCUT2D eigenvalue weighted by Gasteiger charge is 2.29. The molecule has 1 fully saturated rings. The molecule has 3 aromatic rings. The fraction of sp³-hybridized carbons (Fsp3) is 0.400. The summed E-state index contributed by atoms with van der Waals surface area (Å²) in [6.07, 6.45) is 1.21. The zero-order chi connectivity index (χ0) is 22.1. The first-order chi connectivity index (χ1) is 14.9. The van der Waals surface area contributed by atoms with E-state index in [4.69, 9.17) is 32.4 Å². The number of hydrogen-bond donors (Lipinski definition) is 0. The van der Waals surface area contributed by atoms with Crippen molar-refractivity contribution in [1.82, 2.24) is 24.9 Å². The number of methoxy groups -OCH3 is 1. The highest BCUT2D eigenvalue weighted by molar-refractivity contribution is 6.33. The van der Waals surface area contributed by atoms with Gasteiger partial charge in [0.15, 0.2) is 5.69 Å². The Labute approximate surface area is 189 Å². The van der Waals surface area contributed by atoms with Gasteiger partial charge in [0.05, 0.1) is 22.8 Å². The van der Waals surface area contributed by atoms with Gasteiger partial charge in [-0.1, -0.05) is 23.2 Å². The smallest absolute Gasteiger partial charge is 0.269 e. The van der Waals surface area contributed by atoms with Crippen molar-refractivity contribution in [2.45, 2.75) is 26.4 Å². The molecule has 1 unspecified atom stereocenters. The third-order valence-corrected chi connectivity index (χ3v) is 6.19. The summed E-state index contributed by atoms with van der Waals surface area (Å²) in [7, 11) is 1.59. The maximum Gasteiger partial charge on any atom is 0.269 e. The van der Waals surface area contributed by atoms with Crippen LogP contribution in [0.5, 0.6) is 5.75 Å². The highest BCUT2D eigenvalue weighted by atomic mass is 35.5. The zero-order valence-electron chi connectivity index (χ0n) is 17.4. The van der Waals surface area contributed by atoms with E-state index in [1.54, 1.807) is 18.7 Å². The second-order valence-corrected chi connectivity index (χ2v) is 8.14. The molecule has 4 rings (SSSR count).